The molecule has 3 aromatic carbocycles. The zero-order chi connectivity index (χ0) is 21.5. The molecule has 4 aromatic rings. The van der Waals surface area contributed by atoms with Crippen molar-refractivity contribution in [1.82, 2.24) is 4.98 Å². The quantitative estimate of drug-likeness (QED) is 0.442. The molecule has 2 aliphatic heterocycles. The molecular formula is C26H23N3O3. The van der Waals surface area contributed by atoms with Gasteiger partial charge >= 0.3 is 0 Å². The molecule has 0 saturated carbocycles. The van der Waals surface area contributed by atoms with Crippen LogP contribution in [0.5, 0.6) is 11.5 Å². The summed E-state index contributed by atoms with van der Waals surface area (Å²) in [7, 11) is 0. The minimum atomic E-state index is -0.108. The molecule has 0 fully saturated rings. The molecule has 0 spiro atoms. The minimum absolute atomic E-state index is 0.108. The molecule has 0 radical (unpaired) electrons. The molecule has 32 heavy (non-hydrogen) atoms. The van der Waals surface area contributed by atoms with E-state index in [9.17, 15) is 4.79 Å². The van der Waals surface area contributed by atoms with Crippen LogP contribution < -0.4 is 25.7 Å². The topological polar surface area (TPSA) is 75.4 Å². The van der Waals surface area contributed by atoms with Crippen LogP contribution in [0.3, 0.4) is 0 Å². The van der Waals surface area contributed by atoms with Crippen molar-refractivity contribution in [3.05, 3.63) is 87.7 Å². The van der Waals surface area contributed by atoms with E-state index in [-0.39, 0.29) is 5.56 Å². The Bertz CT molecular complexity index is 1390. The number of nitrogens with one attached hydrogen (secondary N) is 3. The summed E-state index contributed by atoms with van der Waals surface area (Å²) in [5.74, 6) is 1.39. The number of hydrogen-bond acceptors (Lipinski definition) is 5. The molecular weight excluding hydrogens is 402 g/mol. The van der Waals surface area contributed by atoms with Crippen molar-refractivity contribution in [3.63, 3.8) is 0 Å². The van der Waals surface area contributed by atoms with Gasteiger partial charge in [0.2, 0.25) is 0 Å². The van der Waals surface area contributed by atoms with Gasteiger partial charge in [0.05, 0.1) is 5.52 Å². The highest BCUT2D eigenvalue weighted by Crippen LogP contribution is 2.34. The van der Waals surface area contributed by atoms with Gasteiger partial charge in [-0.15, -0.1) is 0 Å². The second-order valence-electron chi connectivity index (χ2n) is 8.21. The molecule has 0 amide bonds. The van der Waals surface area contributed by atoms with E-state index in [4.69, 9.17) is 9.47 Å². The Hall–Kier alpha value is -3.93. The van der Waals surface area contributed by atoms with Gasteiger partial charge in [-0.2, -0.15) is 0 Å². The lowest BCUT2D eigenvalue weighted by molar-refractivity contribution is 0.172. The molecule has 6 nitrogen and oxygen atoms in total. The number of aromatic amines is 1. The molecule has 0 unspecified atom stereocenters. The monoisotopic (exact) mass is 425 g/mol. The minimum Gasteiger partial charge on any atom is -0.486 e. The molecule has 3 N–H and O–H groups in total. The first kappa shape index (κ1) is 18.8. The SMILES string of the molecule is O=c1[nH]c2cc3c(cc2cc1CNc1ccc2c(c1)Nc1ccccc1CC2)OCCO3. The van der Waals surface area contributed by atoms with Crippen molar-refractivity contribution in [2.24, 2.45) is 0 Å². The Morgan fingerprint density at radius 3 is 2.50 bits per heavy atom. The number of aromatic nitrogens is 1. The average molecular weight is 425 g/mol. The summed E-state index contributed by atoms with van der Waals surface area (Å²) in [4.78, 5) is 15.6. The number of H-pyrrole nitrogens is 1. The van der Waals surface area contributed by atoms with Crippen molar-refractivity contribution in [2.45, 2.75) is 19.4 Å². The third-order valence-corrected chi connectivity index (χ3v) is 6.13. The van der Waals surface area contributed by atoms with Crippen molar-refractivity contribution in [2.75, 3.05) is 23.8 Å². The predicted octanol–water partition coefficient (Wildman–Crippen LogP) is 4.75. The Labute approximate surface area is 185 Å². The molecule has 0 saturated heterocycles. The van der Waals surface area contributed by atoms with Crippen molar-refractivity contribution >= 4 is 28.0 Å². The van der Waals surface area contributed by atoms with E-state index < -0.39 is 0 Å². The number of pyridine rings is 1. The molecule has 6 heteroatoms. The number of fused-ring (bicyclic) bond motifs is 4. The van der Waals surface area contributed by atoms with Crippen LogP contribution in [0.1, 0.15) is 16.7 Å². The normalized spacial score (nSPS) is 14.1. The van der Waals surface area contributed by atoms with Gasteiger partial charge < -0.3 is 25.1 Å². The maximum atomic E-state index is 12.7. The number of para-hydroxylation sites is 1. The zero-order valence-electron chi connectivity index (χ0n) is 17.5. The Balaban J connectivity index is 1.26. The molecule has 0 aliphatic carbocycles. The summed E-state index contributed by atoms with van der Waals surface area (Å²) in [5.41, 5.74) is 7.17. The highest BCUT2D eigenvalue weighted by atomic mass is 16.6. The standard InChI is InChI=1S/C26H23N3O3/c30-26-19(11-18-12-24-25(14-23(18)29-26)32-10-9-31-24)15-27-20-8-7-17-6-5-16-3-1-2-4-21(16)28-22(17)13-20/h1-4,7-8,11-14,27-28H,5-6,9-10,15H2,(H,29,30). The third-order valence-electron chi connectivity index (χ3n) is 6.13. The van der Waals surface area contributed by atoms with Gasteiger partial charge in [0.1, 0.15) is 13.2 Å². The number of rotatable bonds is 3. The fourth-order valence-corrected chi connectivity index (χ4v) is 4.41. The maximum Gasteiger partial charge on any atom is 0.253 e. The molecule has 0 bridgehead atoms. The fourth-order valence-electron chi connectivity index (χ4n) is 4.41. The highest BCUT2D eigenvalue weighted by Gasteiger charge is 2.15. The fraction of sp³-hybridized carbons (Fsp3) is 0.192. The second kappa shape index (κ2) is 7.64. The smallest absolute Gasteiger partial charge is 0.253 e. The molecule has 1 aromatic heterocycles. The Morgan fingerprint density at radius 2 is 1.62 bits per heavy atom. The lowest BCUT2D eigenvalue weighted by Crippen LogP contribution is -2.17. The van der Waals surface area contributed by atoms with Crippen LogP contribution in [0, 0.1) is 0 Å². The summed E-state index contributed by atoms with van der Waals surface area (Å²) in [6.45, 7) is 1.48. The lowest BCUT2D eigenvalue weighted by atomic mass is 10.0. The number of anilines is 3. The molecule has 0 atom stereocenters. The van der Waals surface area contributed by atoms with E-state index in [0.717, 1.165) is 40.8 Å². The second-order valence-corrected chi connectivity index (χ2v) is 8.21. The predicted molar refractivity (Wildman–Crippen MR) is 126 cm³/mol. The van der Waals surface area contributed by atoms with E-state index in [0.29, 0.717) is 36.8 Å². The molecule has 3 heterocycles. The van der Waals surface area contributed by atoms with Crippen molar-refractivity contribution < 1.29 is 9.47 Å². The van der Waals surface area contributed by atoms with Gasteiger partial charge in [-0.1, -0.05) is 24.3 Å². The van der Waals surface area contributed by atoms with Crippen LogP contribution in [-0.2, 0) is 19.4 Å². The largest absolute Gasteiger partial charge is 0.486 e. The van der Waals surface area contributed by atoms with Gasteiger partial charge in [0.25, 0.3) is 5.56 Å². The van der Waals surface area contributed by atoms with Gasteiger partial charge in [0, 0.05) is 40.6 Å². The molecule has 6 rings (SSSR count). The number of hydrogen-bond donors (Lipinski definition) is 3. The van der Waals surface area contributed by atoms with Crippen LogP contribution in [0.15, 0.2) is 65.5 Å². The van der Waals surface area contributed by atoms with E-state index in [1.807, 2.05) is 18.2 Å². The number of aryl methyl sites for hydroxylation is 2. The van der Waals surface area contributed by atoms with E-state index in [1.54, 1.807) is 0 Å². The van der Waals surface area contributed by atoms with Gasteiger partial charge in [0.15, 0.2) is 11.5 Å². The van der Waals surface area contributed by atoms with Crippen LogP contribution in [-0.4, -0.2) is 18.2 Å². The Kier molecular flexibility index (Phi) is 4.49. The van der Waals surface area contributed by atoms with Gasteiger partial charge in [-0.05, 0) is 54.3 Å². The van der Waals surface area contributed by atoms with Crippen LogP contribution >= 0.6 is 0 Å². The van der Waals surface area contributed by atoms with Crippen LogP contribution in [0.25, 0.3) is 10.9 Å². The Morgan fingerprint density at radius 1 is 0.844 bits per heavy atom. The van der Waals surface area contributed by atoms with Gasteiger partial charge in [-0.25, -0.2) is 0 Å². The first-order valence-electron chi connectivity index (χ1n) is 10.9. The summed E-state index contributed by atoms with van der Waals surface area (Å²) in [5, 5.41) is 7.90. The summed E-state index contributed by atoms with van der Waals surface area (Å²) in [6, 6.07) is 20.5. The summed E-state index contributed by atoms with van der Waals surface area (Å²) >= 11 is 0. The number of ether oxygens (including phenoxy) is 2. The molecule has 160 valence electrons. The maximum absolute atomic E-state index is 12.7. The molecule has 2 aliphatic rings. The third kappa shape index (κ3) is 3.43. The zero-order valence-corrected chi connectivity index (χ0v) is 17.5. The first-order valence-corrected chi connectivity index (χ1v) is 10.9. The van der Waals surface area contributed by atoms with Gasteiger partial charge in [-0.3, -0.25) is 4.79 Å². The lowest BCUT2D eigenvalue weighted by Gasteiger charge is -2.19. The average Bonchev–Trinajstić information content (AvgIpc) is 3.00. The van der Waals surface area contributed by atoms with E-state index in [1.165, 1.54) is 11.1 Å². The van der Waals surface area contributed by atoms with E-state index >= 15 is 0 Å². The number of benzene rings is 3. The van der Waals surface area contributed by atoms with E-state index in [2.05, 4.69) is 58.1 Å². The highest BCUT2D eigenvalue weighted by molar-refractivity contribution is 5.83. The summed E-state index contributed by atoms with van der Waals surface area (Å²) in [6.07, 6.45) is 2.02. The van der Waals surface area contributed by atoms with Crippen LogP contribution in [0.4, 0.5) is 17.1 Å². The van der Waals surface area contributed by atoms with Crippen LogP contribution in [0.2, 0.25) is 0 Å². The van der Waals surface area contributed by atoms with Crippen molar-refractivity contribution in [3.8, 4) is 11.5 Å². The van der Waals surface area contributed by atoms with Crippen molar-refractivity contribution in [1.29, 1.82) is 0 Å². The first-order chi connectivity index (χ1) is 15.7. The summed E-state index contributed by atoms with van der Waals surface area (Å²) < 4.78 is 11.3.